The summed E-state index contributed by atoms with van der Waals surface area (Å²) >= 11 is 0. The van der Waals surface area contributed by atoms with Crippen LogP contribution in [0.25, 0.3) is 0 Å². The molecule has 0 fully saturated rings. The highest BCUT2D eigenvalue weighted by Gasteiger charge is 2.31. The number of carbonyl (C=O) groups excluding carboxylic acids is 1. The van der Waals surface area contributed by atoms with Gasteiger partial charge < -0.3 is 30.5 Å². The van der Waals surface area contributed by atoms with Gasteiger partial charge in [0, 0.05) is 25.1 Å². The average molecular weight is 456 g/mol. The van der Waals surface area contributed by atoms with Gasteiger partial charge in [0.05, 0.1) is 17.8 Å². The zero-order chi connectivity index (χ0) is 24.0. The van der Waals surface area contributed by atoms with Crippen LogP contribution >= 0.6 is 0 Å². The number of aliphatic hydroxyl groups excluding tert-OH is 1. The van der Waals surface area contributed by atoms with Crippen molar-refractivity contribution in [2.45, 2.75) is 52.0 Å². The molecule has 2 aromatic rings. The molecule has 1 heterocycles. The fourth-order valence-electron chi connectivity index (χ4n) is 4.02. The van der Waals surface area contributed by atoms with Gasteiger partial charge in [-0.3, -0.25) is 4.79 Å². The lowest BCUT2D eigenvalue weighted by molar-refractivity contribution is 0.0873. The van der Waals surface area contributed by atoms with Crippen LogP contribution in [-0.4, -0.2) is 53.7 Å². The summed E-state index contributed by atoms with van der Waals surface area (Å²) in [5, 5.41) is 24.8. The minimum absolute atomic E-state index is 0.0524. The van der Waals surface area contributed by atoms with Crippen LogP contribution < -0.4 is 20.3 Å². The number of benzene rings is 2. The standard InChI is InChI=1S/C25H33N3O5/c1-4-23-28(15-16(2)3)20-11-10-18(13-22(20)33-23)24(30)26-14-21(29)19(27-25(31)32)12-17-8-6-5-7-9-17/h5-11,13,16,19,21,23,27,29H,4,12,14-15H2,1-3H3,(H,26,30)(H,31,32)/t19-,21-,23?/m0/s1. The van der Waals surface area contributed by atoms with Gasteiger partial charge in [0.1, 0.15) is 5.75 Å². The molecule has 1 aliphatic heterocycles. The van der Waals surface area contributed by atoms with E-state index >= 15 is 0 Å². The van der Waals surface area contributed by atoms with Crippen molar-refractivity contribution in [1.29, 1.82) is 0 Å². The van der Waals surface area contributed by atoms with E-state index in [9.17, 15) is 14.7 Å². The number of hydrogen-bond donors (Lipinski definition) is 4. The van der Waals surface area contributed by atoms with Gasteiger partial charge in [-0.2, -0.15) is 0 Å². The number of rotatable bonds is 10. The molecule has 3 rings (SSSR count). The molecule has 2 aromatic carbocycles. The molecule has 3 atom stereocenters. The van der Waals surface area contributed by atoms with Crippen molar-refractivity contribution in [2.24, 2.45) is 5.92 Å². The fraction of sp³-hybridized carbons (Fsp3) is 0.440. The van der Waals surface area contributed by atoms with Crippen LogP contribution in [0.2, 0.25) is 0 Å². The Kier molecular flexibility index (Phi) is 8.16. The molecule has 33 heavy (non-hydrogen) atoms. The van der Waals surface area contributed by atoms with E-state index in [0.29, 0.717) is 23.7 Å². The maximum atomic E-state index is 12.7. The van der Waals surface area contributed by atoms with Crippen molar-refractivity contribution in [3.8, 4) is 5.75 Å². The van der Waals surface area contributed by atoms with E-state index in [1.807, 2.05) is 36.4 Å². The maximum absolute atomic E-state index is 12.7. The Hall–Kier alpha value is -3.26. The Balaban J connectivity index is 1.64. The number of nitrogens with zero attached hydrogens (tertiary/aromatic N) is 1. The van der Waals surface area contributed by atoms with Crippen LogP contribution in [0.5, 0.6) is 5.75 Å². The van der Waals surface area contributed by atoms with Gasteiger partial charge in [-0.15, -0.1) is 0 Å². The third kappa shape index (κ3) is 6.38. The molecule has 8 heteroatoms. The monoisotopic (exact) mass is 455 g/mol. The van der Waals surface area contributed by atoms with Crippen molar-refractivity contribution < 1.29 is 24.5 Å². The molecule has 178 valence electrons. The summed E-state index contributed by atoms with van der Waals surface area (Å²) in [5.74, 6) is 0.788. The predicted molar refractivity (Wildman–Crippen MR) is 127 cm³/mol. The first-order valence-corrected chi connectivity index (χ1v) is 11.4. The molecule has 8 nitrogen and oxygen atoms in total. The second-order valence-electron chi connectivity index (χ2n) is 8.73. The second-order valence-corrected chi connectivity index (χ2v) is 8.73. The second kappa shape index (κ2) is 11.0. The SMILES string of the molecule is CCC1Oc2cc(C(=O)NC[C@H](O)[C@H](Cc3ccccc3)NC(=O)O)ccc2N1CC(C)C. The largest absolute Gasteiger partial charge is 0.468 e. The Labute approximate surface area is 194 Å². The molecule has 0 saturated carbocycles. The molecule has 0 spiro atoms. The van der Waals surface area contributed by atoms with Gasteiger partial charge in [-0.1, -0.05) is 51.1 Å². The minimum Gasteiger partial charge on any atom is -0.468 e. The third-order valence-corrected chi connectivity index (χ3v) is 5.60. The van der Waals surface area contributed by atoms with Gasteiger partial charge in [0.2, 0.25) is 0 Å². The smallest absolute Gasteiger partial charge is 0.404 e. The highest BCUT2D eigenvalue weighted by Crippen LogP contribution is 2.39. The van der Waals surface area contributed by atoms with Crippen LogP contribution in [0.3, 0.4) is 0 Å². The maximum Gasteiger partial charge on any atom is 0.404 e. The third-order valence-electron chi connectivity index (χ3n) is 5.60. The normalized spacial score (nSPS) is 16.6. The van der Waals surface area contributed by atoms with E-state index < -0.39 is 18.2 Å². The van der Waals surface area contributed by atoms with Crippen LogP contribution in [0.1, 0.15) is 43.1 Å². The van der Waals surface area contributed by atoms with Gasteiger partial charge in [0.25, 0.3) is 5.91 Å². The number of carbonyl (C=O) groups is 2. The Bertz CT molecular complexity index is 950. The lowest BCUT2D eigenvalue weighted by Gasteiger charge is -2.26. The van der Waals surface area contributed by atoms with Crippen molar-refractivity contribution in [2.75, 3.05) is 18.0 Å². The Morgan fingerprint density at radius 2 is 1.88 bits per heavy atom. The van der Waals surface area contributed by atoms with E-state index in [0.717, 1.165) is 24.2 Å². The number of fused-ring (bicyclic) bond motifs is 1. The molecule has 0 aromatic heterocycles. The van der Waals surface area contributed by atoms with Crippen LogP contribution in [0.15, 0.2) is 48.5 Å². The molecule has 2 amide bonds. The Morgan fingerprint density at radius 1 is 1.15 bits per heavy atom. The zero-order valence-corrected chi connectivity index (χ0v) is 19.3. The number of anilines is 1. The number of nitrogens with one attached hydrogen (secondary N) is 2. The highest BCUT2D eigenvalue weighted by atomic mass is 16.5. The lowest BCUT2D eigenvalue weighted by atomic mass is 10.0. The molecule has 0 radical (unpaired) electrons. The zero-order valence-electron chi connectivity index (χ0n) is 19.3. The van der Waals surface area contributed by atoms with Gasteiger partial charge in [-0.05, 0) is 36.1 Å². The van der Waals surface area contributed by atoms with E-state index in [-0.39, 0.29) is 18.7 Å². The summed E-state index contributed by atoms with van der Waals surface area (Å²) in [6.07, 6.45) is -1.24. The van der Waals surface area contributed by atoms with Crippen molar-refractivity contribution in [3.05, 3.63) is 59.7 Å². The van der Waals surface area contributed by atoms with Crippen molar-refractivity contribution in [3.63, 3.8) is 0 Å². The number of aliphatic hydroxyl groups is 1. The van der Waals surface area contributed by atoms with Crippen molar-refractivity contribution >= 4 is 17.7 Å². The van der Waals surface area contributed by atoms with Crippen LogP contribution in [0.4, 0.5) is 10.5 Å². The summed E-state index contributed by atoms with van der Waals surface area (Å²) in [4.78, 5) is 26.1. The Morgan fingerprint density at radius 3 is 2.52 bits per heavy atom. The molecule has 0 aliphatic carbocycles. The van der Waals surface area contributed by atoms with Crippen molar-refractivity contribution in [1.82, 2.24) is 10.6 Å². The molecule has 0 saturated heterocycles. The molecule has 4 N–H and O–H groups in total. The van der Waals surface area contributed by atoms with Crippen LogP contribution in [0, 0.1) is 5.92 Å². The topological polar surface area (TPSA) is 111 Å². The van der Waals surface area contributed by atoms with E-state index in [4.69, 9.17) is 9.84 Å². The highest BCUT2D eigenvalue weighted by molar-refractivity contribution is 5.95. The number of amides is 2. The first-order chi connectivity index (χ1) is 15.8. The first kappa shape index (κ1) is 24.4. The van der Waals surface area contributed by atoms with E-state index in [1.54, 1.807) is 12.1 Å². The van der Waals surface area contributed by atoms with Gasteiger partial charge in [-0.25, -0.2) is 4.79 Å². The lowest BCUT2D eigenvalue weighted by Crippen LogP contribution is -2.49. The molecule has 1 aliphatic rings. The number of ether oxygens (including phenoxy) is 1. The molecular formula is C25H33N3O5. The average Bonchev–Trinajstić information content (AvgIpc) is 3.13. The van der Waals surface area contributed by atoms with E-state index in [2.05, 4.69) is 36.3 Å². The summed E-state index contributed by atoms with van der Waals surface area (Å²) in [5.41, 5.74) is 2.28. The molecule has 1 unspecified atom stereocenters. The number of hydrogen-bond acceptors (Lipinski definition) is 5. The quantitative estimate of drug-likeness (QED) is 0.438. The van der Waals surface area contributed by atoms with Gasteiger partial charge in [0.15, 0.2) is 6.23 Å². The van der Waals surface area contributed by atoms with E-state index in [1.165, 1.54) is 0 Å². The summed E-state index contributed by atoms with van der Waals surface area (Å²) < 4.78 is 6.06. The predicted octanol–water partition coefficient (Wildman–Crippen LogP) is 3.25. The molecular weight excluding hydrogens is 422 g/mol. The van der Waals surface area contributed by atoms with Crippen LogP contribution in [-0.2, 0) is 6.42 Å². The fourth-order valence-corrected chi connectivity index (χ4v) is 4.02. The molecule has 0 bridgehead atoms. The van der Waals surface area contributed by atoms with Gasteiger partial charge >= 0.3 is 6.09 Å². The summed E-state index contributed by atoms with van der Waals surface area (Å²) in [6, 6.07) is 13.9. The number of carboxylic acid groups (broad SMARTS) is 1. The summed E-state index contributed by atoms with van der Waals surface area (Å²) in [6.45, 7) is 7.15. The minimum atomic E-state index is -1.23. The summed E-state index contributed by atoms with van der Waals surface area (Å²) in [7, 11) is 0. The first-order valence-electron chi connectivity index (χ1n) is 11.4.